The molecule has 108 valence electrons. The standard InChI is InChI=1S/C16H19BrO3/c1-3-4-11-19-12(2)15(18)20-16(9-10-16)13-7-5-6-8-14(13)17/h3,5-8,12H,1,4,9-11H2,2H3/t12-/m0/s1. The maximum Gasteiger partial charge on any atom is 0.335 e. The summed E-state index contributed by atoms with van der Waals surface area (Å²) in [7, 11) is 0. The van der Waals surface area contributed by atoms with Gasteiger partial charge in [-0.1, -0.05) is 40.2 Å². The second-order valence-corrected chi connectivity index (χ2v) is 5.84. The highest BCUT2D eigenvalue weighted by Crippen LogP contribution is 2.51. The maximum atomic E-state index is 12.1. The highest BCUT2D eigenvalue weighted by atomic mass is 79.9. The van der Waals surface area contributed by atoms with Gasteiger partial charge in [-0.05, 0) is 32.3 Å². The van der Waals surface area contributed by atoms with Crippen molar-refractivity contribution in [3.8, 4) is 0 Å². The fraction of sp³-hybridized carbons (Fsp3) is 0.438. The zero-order valence-corrected chi connectivity index (χ0v) is 13.2. The first-order chi connectivity index (χ1) is 9.59. The molecule has 1 aliphatic rings. The SMILES string of the molecule is C=CCCO[C@@H](C)C(=O)OC1(c2ccccc2Br)CC1. The minimum absolute atomic E-state index is 0.303. The summed E-state index contributed by atoms with van der Waals surface area (Å²) in [5.74, 6) is -0.303. The second-order valence-electron chi connectivity index (χ2n) is 4.99. The Labute approximate surface area is 128 Å². The van der Waals surface area contributed by atoms with Gasteiger partial charge in [-0.2, -0.15) is 0 Å². The van der Waals surface area contributed by atoms with Crippen molar-refractivity contribution in [2.24, 2.45) is 0 Å². The van der Waals surface area contributed by atoms with Gasteiger partial charge in [0, 0.05) is 10.0 Å². The molecule has 2 rings (SSSR count). The highest BCUT2D eigenvalue weighted by molar-refractivity contribution is 9.10. The van der Waals surface area contributed by atoms with E-state index in [1.165, 1.54) is 0 Å². The Hall–Kier alpha value is -1.13. The molecule has 1 saturated carbocycles. The molecular weight excluding hydrogens is 320 g/mol. The van der Waals surface area contributed by atoms with E-state index < -0.39 is 11.7 Å². The summed E-state index contributed by atoms with van der Waals surface area (Å²) < 4.78 is 12.1. The number of rotatable bonds is 7. The van der Waals surface area contributed by atoms with Gasteiger partial charge in [0.2, 0.25) is 0 Å². The zero-order valence-electron chi connectivity index (χ0n) is 11.6. The quantitative estimate of drug-likeness (QED) is 0.428. The Morgan fingerprint density at radius 1 is 1.50 bits per heavy atom. The molecule has 1 fully saturated rings. The lowest BCUT2D eigenvalue weighted by Crippen LogP contribution is -2.28. The van der Waals surface area contributed by atoms with E-state index in [4.69, 9.17) is 9.47 Å². The molecule has 0 bridgehead atoms. The highest BCUT2D eigenvalue weighted by Gasteiger charge is 2.50. The fourth-order valence-corrected chi connectivity index (χ4v) is 2.69. The lowest BCUT2D eigenvalue weighted by atomic mass is 10.1. The molecule has 0 aliphatic heterocycles. The van der Waals surface area contributed by atoms with Gasteiger partial charge in [0.25, 0.3) is 0 Å². The molecule has 1 aromatic carbocycles. The van der Waals surface area contributed by atoms with E-state index in [9.17, 15) is 4.79 Å². The van der Waals surface area contributed by atoms with Crippen LogP contribution in [0.5, 0.6) is 0 Å². The van der Waals surface area contributed by atoms with Crippen molar-refractivity contribution in [2.45, 2.75) is 37.9 Å². The number of benzene rings is 1. The summed E-state index contributed by atoms with van der Waals surface area (Å²) in [6, 6.07) is 7.87. The number of hydrogen-bond acceptors (Lipinski definition) is 3. The third kappa shape index (κ3) is 3.49. The molecular formula is C16H19BrO3. The second kappa shape index (κ2) is 6.55. The molecule has 0 amide bonds. The first kappa shape index (κ1) is 15.3. The van der Waals surface area contributed by atoms with Crippen molar-refractivity contribution in [1.82, 2.24) is 0 Å². The molecule has 0 aromatic heterocycles. The van der Waals surface area contributed by atoms with Gasteiger partial charge in [-0.3, -0.25) is 0 Å². The van der Waals surface area contributed by atoms with Crippen LogP contribution >= 0.6 is 15.9 Å². The zero-order chi connectivity index (χ0) is 14.6. The van der Waals surface area contributed by atoms with E-state index in [2.05, 4.69) is 22.5 Å². The molecule has 0 radical (unpaired) electrons. The number of ether oxygens (including phenoxy) is 2. The van der Waals surface area contributed by atoms with Crippen molar-refractivity contribution in [3.05, 3.63) is 47.0 Å². The molecule has 1 atom stereocenters. The topological polar surface area (TPSA) is 35.5 Å². The van der Waals surface area contributed by atoms with E-state index >= 15 is 0 Å². The van der Waals surface area contributed by atoms with Crippen LogP contribution in [0.3, 0.4) is 0 Å². The molecule has 0 spiro atoms. The lowest BCUT2D eigenvalue weighted by molar-refractivity contribution is -0.164. The van der Waals surface area contributed by atoms with Gasteiger partial charge in [0.15, 0.2) is 6.10 Å². The number of halogens is 1. The third-order valence-corrected chi connectivity index (χ3v) is 4.08. The summed E-state index contributed by atoms with van der Waals surface area (Å²) in [6.07, 6.45) is 3.67. The number of carbonyl (C=O) groups is 1. The molecule has 20 heavy (non-hydrogen) atoms. The molecule has 0 N–H and O–H groups in total. The first-order valence-corrected chi connectivity index (χ1v) is 7.59. The number of hydrogen-bond donors (Lipinski definition) is 0. The Balaban J connectivity index is 1.97. The van der Waals surface area contributed by atoms with Crippen LogP contribution in [0.1, 0.15) is 31.7 Å². The number of carbonyl (C=O) groups excluding carboxylic acids is 1. The Morgan fingerprint density at radius 2 is 2.20 bits per heavy atom. The molecule has 0 unspecified atom stereocenters. The van der Waals surface area contributed by atoms with Crippen LogP contribution in [0.25, 0.3) is 0 Å². The average Bonchev–Trinajstić information content (AvgIpc) is 3.20. The maximum absolute atomic E-state index is 12.1. The Bertz CT molecular complexity index is 494. The van der Waals surface area contributed by atoms with E-state index in [1.54, 1.807) is 13.0 Å². The Morgan fingerprint density at radius 3 is 2.80 bits per heavy atom. The lowest BCUT2D eigenvalue weighted by Gasteiger charge is -2.21. The third-order valence-electron chi connectivity index (χ3n) is 3.39. The van der Waals surface area contributed by atoms with Gasteiger partial charge in [0.1, 0.15) is 5.60 Å². The summed E-state index contributed by atoms with van der Waals surface area (Å²) >= 11 is 3.52. The van der Waals surface area contributed by atoms with Gasteiger partial charge >= 0.3 is 5.97 Å². The molecule has 0 saturated heterocycles. The minimum Gasteiger partial charge on any atom is -0.452 e. The fourth-order valence-electron chi connectivity index (χ4n) is 2.04. The normalized spacial score (nSPS) is 17.3. The summed E-state index contributed by atoms with van der Waals surface area (Å²) in [4.78, 5) is 12.1. The van der Waals surface area contributed by atoms with E-state index in [1.807, 2.05) is 24.3 Å². The van der Waals surface area contributed by atoms with Crippen molar-refractivity contribution in [2.75, 3.05) is 6.61 Å². The van der Waals surface area contributed by atoms with Gasteiger partial charge in [0.05, 0.1) is 6.61 Å². The minimum atomic E-state index is -0.546. The van der Waals surface area contributed by atoms with Crippen LogP contribution in [-0.2, 0) is 19.9 Å². The summed E-state index contributed by atoms with van der Waals surface area (Å²) in [6.45, 7) is 5.83. The molecule has 1 aromatic rings. The molecule has 1 aliphatic carbocycles. The van der Waals surface area contributed by atoms with Crippen LogP contribution in [0, 0.1) is 0 Å². The number of esters is 1. The van der Waals surface area contributed by atoms with E-state index in [0.717, 1.165) is 29.3 Å². The molecule has 3 nitrogen and oxygen atoms in total. The van der Waals surface area contributed by atoms with Crippen molar-refractivity contribution in [1.29, 1.82) is 0 Å². The van der Waals surface area contributed by atoms with Crippen LogP contribution in [0.2, 0.25) is 0 Å². The van der Waals surface area contributed by atoms with Crippen LogP contribution in [0.4, 0.5) is 0 Å². The van der Waals surface area contributed by atoms with Crippen molar-refractivity contribution in [3.63, 3.8) is 0 Å². The predicted molar refractivity (Wildman–Crippen MR) is 81.4 cm³/mol. The van der Waals surface area contributed by atoms with Crippen molar-refractivity contribution >= 4 is 21.9 Å². The molecule has 4 heteroatoms. The predicted octanol–water partition coefficient (Wildman–Crippen LogP) is 3.96. The smallest absolute Gasteiger partial charge is 0.335 e. The van der Waals surface area contributed by atoms with Gasteiger partial charge < -0.3 is 9.47 Å². The van der Waals surface area contributed by atoms with Gasteiger partial charge in [-0.15, -0.1) is 6.58 Å². The summed E-state index contributed by atoms with van der Waals surface area (Å²) in [5, 5.41) is 0. The Kier molecular flexibility index (Phi) is 5.00. The van der Waals surface area contributed by atoms with E-state index in [0.29, 0.717) is 6.61 Å². The summed E-state index contributed by atoms with van der Waals surface area (Å²) in [5.41, 5.74) is 0.569. The van der Waals surface area contributed by atoms with E-state index in [-0.39, 0.29) is 5.97 Å². The first-order valence-electron chi connectivity index (χ1n) is 6.79. The van der Waals surface area contributed by atoms with Gasteiger partial charge in [-0.25, -0.2) is 4.79 Å². The van der Waals surface area contributed by atoms with Crippen molar-refractivity contribution < 1.29 is 14.3 Å². The van der Waals surface area contributed by atoms with Crippen LogP contribution in [-0.4, -0.2) is 18.7 Å². The van der Waals surface area contributed by atoms with Crippen LogP contribution < -0.4 is 0 Å². The van der Waals surface area contributed by atoms with Crippen LogP contribution in [0.15, 0.2) is 41.4 Å². The molecule has 0 heterocycles. The largest absolute Gasteiger partial charge is 0.452 e. The average molecular weight is 339 g/mol. The monoisotopic (exact) mass is 338 g/mol.